The lowest BCUT2D eigenvalue weighted by molar-refractivity contribution is -0.893. The fraction of sp³-hybridized carbons (Fsp3) is 0.278. The maximum absolute atomic E-state index is 13.1. The van der Waals surface area contributed by atoms with E-state index in [1.165, 1.54) is 22.6 Å². The minimum absolute atomic E-state index is 0.0777. The van der Waals surface area contributed by atoms with E-state index in [0.717, 1.165) is 26.1 Å². The lowest BCUT2D eigenvalue weighted by Gasteiger charge is -2.15. The smallest absolute Gasteiger partial charge is 0.170 e. The van der Waals surface area contributed by atoms with Gasteiger partial charge in [0, 0.05) is 24.2 Å². The van der Waals surface area contributed by atoms with Gasteiger partial charge in [0.2, 0.25) is 0 Å². The van der Waals surface area contributed by atoms with E-state index < -0.39 is 5.82 Å². The molecule has 2 rings (SSSR count). The van der Waals surface area contributed by atoms with Gasteiger partial charge in [-0.15, -0.1) is 0 Å². The van der Waals surface area contributed by atoms with Crippen molar-refractivity contribution < 1.29 is 9.29 Å². The van der Waals surface area contributed by atoms with Crippen molar-refractivity contribution in [1.82, 2.24) is 5.32 Å². The maximum atomic E-state index is 13.1. The Hall–Kier alpha value is -1.69. The molecule has 0 fully saturated rings. The summed E-state index contributed by atoms with van der Waals surface area (Å²) >= 11 is 11.0. The van der Waals surface area contributed by atoms with Crippen molar-refractivity contribution >= 4 is 34.6 Å². The van der Waals surface area contributed by atoms with E-state index in [-0.39, 0.29) is 5.02 Å². The van der Waals surface area contributed by atoms with Crippen LogP contribution in [0.3, 0.4) is 0 Å². The first-order chi connectivity index (χ1) is 11.5. The third-order valence-corrected chi connectivity index (χ3v) is 4.13. The van der Waals surface area contributed by atoms with Gasteiger partial charge in [0.15, 0.2) is 5.11 Å². The van der Waals surface area contributed by atoms with Crippen LogP contribution in [0.25, 0.3) is 0 Å². The summed E-state index contributed by atoms with van der Waals surface area (Å²) in [4.78, 5) is 1.45. The fourth-order valence-corrected chi connectivity index (χ4v) is 2.77. The molecule has 0 heterocycles. The molecular formula is C18H22ClFN3S+. The zero-order valence-electron chi connectivity index (χ0n) is 13.6. The van der Waals surface area contributed by atoms with Crippen molar-refractivity contribution in [3.05, 3.63) is 64.9 Å². The van der Waals surface area contributed by atoms with Gasteiger partial charge in [0.05, 0.1) is 18.6 Å². The lowest BCUT2D eigenvalue weighted by atomic mass is 10.2. The quantitative estimate of drug-likeness (QED) is 0.520. The van der Waals surface area contributed by atoms with Crippen LogP contribution in [0.1, 0.15) is 12.0 Å². The van der Waals surface area contributed by atoms with E-state index in [9.17, 15) is 4.39 Å². The number of halogens is 2. The predicted molar refractivity (Wildman–Crippen MR) is 102 cm³/mol. The standard InChI is InChI=1S/C18H21ClFN3S/c1-23(13-14-6-3-2-4-7-14)11-5-10-21-18(24)22-15-8-9-17(20)16(19)12-15/h2-4,6-9,12H,5,10-11,13H2,1H3,(H2,21,22,24)/p+1. The van der Waals surface area contributed by atoms with Gasteiger partial charge >= 0.3 is 0 Å². The van der Waals surface area contributed by atoms with Crippen molar-refractivity contribution in [2.45, 2.75) is 13.0 Å². The van der Waals surface area contributed by atoms with Crippen LogP contribution in [0.2, 0.25) is 5.02 Å². The van der Waals surface area contributed by atoms with E-state index in [4.69, 9.17) is 23.8 Å². The SMILES string of the molecule is C[NH+](CCCNC(=S)Nc1ccc(F)c(Cl)c1)Cc1ccccc1. The minimum Gasteiger partial charge on any atom is -0.362 e. The summed E-state index contributed by atoms with van der Waals surface area (Å²) in [6.45, 7) is 2.84. The molecule has 0 aliphatic heterocycles. The molecule has 0 saturated heterocycles. The number of nitrogens with one attached hydrogen (secondary N) is 3. The summed E-state index contributed by atoms with van der Waals surface area (Å²) in [5.41, 5.74) is 2.01. The first-order valence-corrected chi connectivity index (χ1v) is 8.68. The highest BCUT2D eigenvalue weighted by Crippen LogP contribution is 2.19. The molecule has 2 aromatic carbocycles. The summed E-state index contributed by atoms with van der Waals surface area (Å²) in [5.74, 6) is -0.439. The topological polar surface area (TPSA) is 28.5 Å². The van der Waals surface area contributed by atoms with Crippen molar-refractivity contribution in [1.29, 1.82) is 0 Å². The number of anilines is 1. The van der Waals surface area contributed by atoms with Gasteiger partial charge in [-0.25, -0.2) is 4.39 Å². The van der Waals surface area contributed by atoms with Crippen LogP contribution in [0.15, 0.2) is 48.5 Å². The second kappa shape index (κ2) is 9.57. The molecule has 3 nitrogen and oxygen atoms in total. The van der Waals surface area contributed by atoms with Crippen LogP contribution in [0, 0.1) is 5.82 Å². The Balaban J connectivity index is 1.64. The number of hydrogen-bond acceptors (Lipinski definition) is 1. The highest BCUT2D eigenvalue weighted by Gasteiger charge is 2.05. The molecule has 6 heteroatoms. The monoisotopic (exact) mass is 366 g/mol. The van der Waals surface area contributed by atoms with E-state index >= 15 is 0 Å². The van der Waals surface area contributed by atoms with Gasteiger partial charge in [-0.1, -0.05) is 41.9 Å². The molecule has 2 aromatic rings. The normalized spacial score (nSPS) is 11.8. The van der Waals surface area contributed by atoms with E-state index in [1.54, 1.807) is 6.07 Å². The lowest BCUT2D eigenvalue weighted by Crippen LogP contribution is -3.07. The van der Waals surface area contributed by atoms with Gasteiger partial charge in [0.25, 0.3) is 0 Å². The number of rotatable bonds is 7. The molecule has 0 radical (unpaired) electrons. The highest BCUT2D eigenvalue weighted by molar-refractivity contribution is 7.80. The van der Waals surface area contributed by atoms with Crippen LogP contribution in [0.4, 0.5) is 10.1 Å². The minimum atomic E-state index is -0.439. The molecule has 3 N–H and O–H groups in total. The zero-order valence-corrected chi connectivity index (χ0v) is 15.2. The number of benzene rings is 2. The Morgan fingerprint density at radius 1 is 1.21 bits per heavy atom. The summed E-state index contributed by atoms with van der Waals surface area (Å²) in [6.07, 6.45) is 1.00. The highest BCUT2D eigenvalue weighted by atomic mass is 35.5. The number of hydrogen-bond donors (Lipinski definition) is 3. The molecule has 128 valence electrons. The third-order valence-electron chi connectivity index (χ3n) is 3.59. The molecule has 0 amide bonds. The summed E-state index contributed by atoms with van der Waals surface area (Å²) < 4.78 is 13.1. The number of quaternary nitrogens is 1. The van der Waals surface area contributed by atoms with E-state index in [0.29, 0.717) is 10.8 Å². The zero-order chi connectivity index (χ0) is 17.4. The van der Waals surface area contributed by atoms with Gasteiger partial charge in [-0.05, 0) is 30.4 Å². The molecule has 1 atom stereocenters. The van der Waals surface area contributed by atoms with E-state index in [2.05, 4.69) is 41.9 Å². The molecular weight excluding hydrogens is 345 g/mol. The Labute approximate surface area is 152 Å². The van der Waals surface area contributed by atoms with E-state index in [1.807, 2.05) is 6.07 Å². The Morgan fingerprint density at radius 3 is 2.67 bits per heavy atom. The Morgan fingerprint density at radius 2 is 1.96 bits per heavy atom. The first-order valence-electron chi connectivity index (χ1n) is 7.90. The summed E-state index contributed by atoms with van der Waals surface area (Å²) in [6, 6.07) is 14.9. The second-order valence-corrected chi connectivity index (χ2v) is 6.55. The summed E-state index contributed by atoms with van der Waals surface area (Å²) in [7, 11) is 2.18. The molecule has 1 unspecified atom stereocenters. The van der Waals surface area contributed by atoms with Crippen LogP contribution in [0.5, 0.6) is 0 Å². The van der Waals surface area contributed by atoms with Crippen LogP contribution in [-0.4, -0.2) is 25.2 Å². The van der Waals surface area contributed by atoms with Gasteiger partial charge in [0.1, 0.15) is 12.4 Å². The average Bonchev–Trinajstić information content (AvgIpc) is 2.56. The molecule has 0 bridgehead atoms. The van der Waals surface area contributed by atoms with Gasteiger partial charge in [-0.3, -0.25) is 0 Å². The van der Waals surface area contributed by atoms with Gasteiger partial charge < -0.3 is 15.5 Å². The molecule has 0 aliphatic carbocycles. The van der Waals surface area contributed by atoms with Gasteiger partial charge in [-0.2, -0.15) is 0 Å². The van der Waals surface area contributed by atoms with Crippen molar-refractivity contribution in [3.63, 3.8) is 0 Å². The molecule has 0 aromatic heterocycles. The van der Waals surface area contributed by atoms with Crippen molar-refractivity contribution in [3.8, 4) is 0 Å². The van der Waals surface area contributed by atoms with Crippen LogP contribution in [-0.2, 0) is 6.54 Å². The van der Waals surface area contributed by atoms with Crippen LogP contribution >= 0.6 is 23.8 Å². The first kappa shape index (κ1) is 18.6. The summed E-state index contributed by atoms with van der Waals surface area (Å²) in [5, 5.41) is 6.75. The fourth-order valence-electron chi connectivity index (χ4n) is 2.37. The average molecular weight is 367 g/mol. The third kappa shape index (κ3) is 6.43. The van der Waals surface area contributed by atoms with Crippen molar-refractivity contribution in [2.24, 2.45) is 0 Å². The second-order valence-electron chi connectivity index (χ2n) is 5.73. The van der Waals surface area contributed by atoms with Crippen LogP contribution < -0.4 is 15.5 Å². The Bertz CT molecular complexity index is 667. The molecule has 0 spiro atoms. The molecule has 0 aliphatic rings. The molecule has 24 heavy (non-hydrogen) atoms. The van der Waals surface area contributed by atoms with Crippen molar-refractivity contribution in [2.75, 3.05) is 25.5 Å². The Kier molecular flexibility index (Phi) is 7.43. The molecule has 0 saturated carbocycles. The predicted octanol–water partition coefficient (Wildman–Crippen LogP) is 2.87. The maximum Gasteiger partial charge on any atom is 0.170 e. The largest absolute Gasteiger partial charge is 0.362 e. The number of thiocarbonyl (C=S) groups is 1.